The zero-order chi connectivity index (χ0) is 8.53. The Morgan fingerprint density at radius 3 is 2.82 bits per heavy atom. The highest BCUT2D eigenvalue weighted by Gasteiger charge is 1.96. The molecule has 1 unspecified atom stereocenters. The first-order valence-electron chi connectivity index (χ1n) is 3.81. The van der Waals surface area contributed by atoms with Gasteiger partial charge in [0.1, 0.15) is 0 Å². The second-order valence-corrected chi connectivity index (χ2v) is 2.39. The lowest BCUT2D eigenvalue weighted by molar-refractivity contribution is 0.566. The van der Waals surface area contributed by atoms with Crippen molar-refractivity contribution in [3.05, 3.63) is 0 Å². The van der Waals surface area contributed by atoms with Gasteiger partial charge in [-0.25, -0.2) is 0 Å². The SMILES string of the molecule is CC#CCCNC(C)CC#N. The van der Waals surface area contributed by atoms with Gasteiger partial charge in [-0.05, 0) is 13.8 Å². The summed E-state index contributed by atoms with van der Waals surface area (Å²) in [6.45, 7) is 4.71. The summed E-state index contributed by atoms with van der Waals surface area (Å²) in [6, 6.07) is 2.40. The van der Waals surface area contributed by atoms with E-state index in [1.165, 1.54) is 0 Å². The van der Waals surface area contributed by atoms with Crippen LogP contribution in [0, 0.1) is 23.2 Å². The quantitative estimate of drug-likeness (QED) is 0.484. The third-order valence-electron chi connectivity index (χ3n) is 1.32. The van der Waals surface area contributed by atoms with E-state index in [0.717, 1.165) is 13.0 Å². The fourth-order valence-electron chi connectivity index (χ4n) is 0.715. The van der Waals surface area contributed by atoms with Crippen LogP contribution in [0.3, 0.4) is 0 Å². The number of hydrogen-bond donors (Lipinski definition) is 1. The molecule has 0 amide bonds. The Bertz CT molecular complexity index is 180. The first-order chi connectivity index (χ1) is 5.31. The molecule has 1 atom stereocenters. The monoisotopic (exact) mass is 150 g/mol. The highest BCUT2D eigenvalue weighted by Crippen LogP contribution is 1.87. The van der Waals surface area contributed by atoms with E-state index in [9.17, 15) is 0 Å². The van der Waals surface area contributed by atoms with Gasteiger partial charge in [-0.2, -0.15) is 5.26 Å². The van der Waals surface area contributed by atoms with Crippen molar-refractivity contribution in [3.63, 3.8) is 0 Å². The highest BCUT2D eigenvalue weighted by molar-refractivity contribution is 4.95. The molecule has 0 radical (unpaired) electrons. The molecule has 0 aromatic carbocycles. The lowest BCUT2D eigenvalue weighted by atomic mass is 10.2. The van der Waals surface area contributed by atoms with E-state index in [2.05, 4.69) is 23.2 Å². The predicted octanol–water partition coefficient (Wildman–Crippen LogP) is 1.29. The number of nitrogens with one attached hydrogen (secondary N) is 1. The van der Waals surface area contributed by atoms with Gasteiger partial charge >= 0.3 is 0 Å². The number of nitriles is 1. The zero-order valence-corrected chi connectivity index (χ0v) is 7.15. The molecule has 0 heterocycles. The molecule has 0 spiro atoms. The van der Waals surface area contributed by atoms with E-state index in [1.807, 2.05) is 13.8 Å². The van der Waals surface area contributed by atoms with Crippen LogP contribution in [0.5, 0.6) is 0 Å². The molecule has 0 aliphatic carbocycles. The van der Waals surface area contributed by atoms with Crippen LogP contribution in [0.15, 0.2) is 0 Å². The normalized spacial score (nSPS) is 11.0. The standard InChI is InChI=1S/C9H14N2/c1-3-4-5-8-11-9(2)6-7-10/h9,11H,5-6,8H2,1-2H3. The Labute approximate surface area is 68.6 Å². The van der Waals surface area contributed by atoms with Gasteiger partial charge in [0.15, 0.2) is 0 Å². The molecule has 60 valence electrons. The largest absolute Gasteiger partial charge is 0.312 e. The molecule has 0 aromatic heterocycles. The van der Waals surface area contributed by atoms with E-state index in [4.69, 9.17) is 5.26 Å². The van der Waals surface area contributed by atoms with Crippen LogP contribution in [0.1, 0.15) is 26.7 Å². The fourth-order valence-corrected chi connectivity index (χ4v) is 0.715. The Kier molecular flexibility index (Phi) is 6.48. The summed E-state index contributed by atoms with van der Waals surface area (Å²) in [5, 5.41) is 11.5. The molecule has 2 nitrogen and oxygen atoms in total. The summed E-state index contributed by atoms with van der Waals surface area (Å²) < 4.78 is 0. The zero-order valence-electron chi connectivity index (χ0n) is 7.15. The van der Waals surface area contributed by atoms with Crippen LogP contribution < -0.4 is 5.32 Å². The third kappa shape index (κ3) is 6.90. The molecule has 0 fully saturated rings. The molecule has 0 bridgehead atoms. The summed E-state index contributed by atoms with van der Waals surface area (Å²) in [5.41, 5.74) is 0. The van der Waals surface area contributed by atoms with Crippen LogP contribution >= 0.6 is 0 Å². The average Bonchev–Trinajstić information content (AvgIpc) is 1.99. The molecule has 0 saturated heterocycles. The molecule has 0 rings (SSSR count). The van der Waals surface area contributed by atoms with E-state index in [1.54, 1.807) is 0 Å². The van der Waals surface area contributed by atoms with Crippen LogP contribution in [0.25, 0.3) is 0 Å². The van der Waals surface area contributed by atoms with Crippen molar-refractivity contribution in [3.8, 4) is 17.9 Å². The van der Waals surface area contributed by atoms with E-state index in [0.29, 0.717) is 12.5 Å². The molecule has 0 aromatic rings. The van der Waals surface area contributed by atoms with Crippen LogP contribution in [-0.2, 0) is 0 Å². The predicted molar refractivity (Wildman–Crippen MR) is 45.8 cm³/mol. The molecular weight excluding hydrogens is 136 g/mol. The van der Waals surface area contributed by atoms with E-state index in [-0.39, 0.29) is 0 Å². The number of hydrogen-bond acceptors (Lipinski definition) is 2. The van der Waals surface area contributed by atoms with E-state index >= 15 is 0 Å². The molecular formula is C9H14N2. The van der Waals surface area contributed by atoms with Gasteiger partial charge in [0.2, 0.25) is 0 Å². The van der Waals surface area contributed by atoms with Gasteiger partial charge in [0.25, 0.3) is 0 Å². The van der Waals surface area contributed by atoms with Crippen molar-refractivity contribution >= 4 is 0 Å². The topological polar surface area (TPSA) is 35.8 Å². The average molecular weight is 150 g/mol. The maximum Gasteiger partial charge on any atom is 0.0638 e. The highest BCUT2D eigenvalue weighted by atomic mass is 14.9. The Morgan fingerprint density at radius 1 is 1.55 bits per heavy atom. The van der Waals surface area contributed by atoms with Crippen molar-refractivity contribution < 1.29 is 0 Å². The summed E-state index contributed by atoms with van der Waals surface area (Å²) in [5.74, 6) is 5.77. The van der Waals surface area contributed by atoms with Crippen molar-refractivity contribution in [2.75, 3.05) is 6.54 Å². The van der Waals surface area contributed by atoms with Crippen LogP contribution in [0.4, 0.5) is 0 Å². The Balaban J connectivity index is 3.23. The lowest BCUT2D eigenvalue weighted by Gasteiger charge is -2.06. The summed E-state index contributed by atoms with van der Waals surface area (Å²) >= 11 is 0. The maximum atomic E-state index is 8.32. The maximum absolute atomic E-state index is 8.32. The van der Waals surface area contributed by atoms with Gasteiger partial charge in [-0.15, -0.1) is 11.8 Å². The van der Waals surface area contributed by atoms with Gasteiger partial charge in [-0.3, -0.25) is 0 Å². The Morgan fingerprint density at radius 2 is 2.27 bits per heavy atom. The van der Waals surface area contributed by atoms with Gasteiger partial charge in [0, 0.05) is 19.0 Å². The van der Waals surface area contributed by atoms with Crippen LogP contribution in [-0.4, -0.2) is 12.6 Å². The molecule has 0 aliphatic rings. The van der Waals surface area contributed by atoms with Crippen molar-refractivity contribution in [1.82, 2.24) is 5.32 Å². The summed E-state index contributed by atoms with van der Waals surface area (Å²) in [4.78, 5) is 0. The third-order valence-corrected chi connectivity index (χ3v) is 1.32. The fraction of sp³-hybridized carbons (Fsp3) is 0.667. The number of nitrogens with zero attached hydrogens (tertiary/aromatic N) is 1. The minimum absolute atomic E-state index is 0.290. The molecule has 11 heavy (non-hydrogen) atoms. The second-order valence-electron chi connectivity index (χ2n) is 2.39. The minimum Gasteiger partial charge on any atom is -0.312 e. The van der Waals surface area contributed by atoms with Gasteiger partial charge < -0.3 is 5.32 Å². The molecule has 2 heteroatoms. The Hall–Kier alpha value is -0.990. The number of rotatable bonds is 4. The summed E-state index contributed by atoms with van der Waals surface area (Å²) in [7, 11) is 0. The minimum atomic E-state index is 0.290. The van der Waals surface area contributed by atoms with Gasteiger partial charge in [0.05, 0.1) is 12.5 Å². The van der Waals surface area contributed by atoms with Crippen molar-refractivity contribution in [2.45, 2.75) is 32.7 Å². The van der Waals surface area contributed by atoms with Gasteiger partial charge in [-0.1, -0.05) is 0 Å². The lowest BCUT2D eigenvalue weighted by Crippen LogP contribution is -2.26. The van der Waals surface area contributed by atoms with Crippen molar-refractivity contribution in [2.24, 2.45) is 0 Å². The first kappa shape index (κ1) is 10.0. The smallest absolute Gasteiger partial charge is 0.0638 e. The summed E-state index contributed by atoms with van der Waals surface area (Å²) in [6.07, 6.45) is 1.44. The first-order valence-corrected chi connectivity index (χ1v) is 3.81. The molecule has 0 aliphatic heterocycles. The van der Waals surface area contributed by atoms with Crippen LogP contribution in [0.2, 0.25) is 0 Å². The van der Waals surface area contributed by atoms with E-state index < -0.39 is 0 Å². The second kappa shape index (κ2) is 7.12. The van der Waals surface area contributed by atoms with Crippen molar-refractivity contribution in [1.29, 1.82) is 5.26 Å². The molecule has 1 N–H and O–H groups in total. The molecule has 0 saturated carbocycles.